The Balaban J connectivity index is 2.26. The molecule has 1 heterocycles. The molecule has 1 aromatic heterocycles. The molecule has 9 nitrogen and oxygen atoms in total. The summed E-state index contributed by atoms with van der Waals surface area (Å²) in [5.74, 6) is 0.378. The molecule has 0 unspecified atom stereocenters. The molecule has 0 atom stereocenters. The van der Waals surface area contributed by atoms with Crippen molar-refractivity contribution in [2.45, 2.75) is 11.4 Å². The monoisotopic (exact) mass is 438 g/mol. The van der Waals surface area contributed by atoms with Gasteiger partial charge in [0.05, 0.1) is 22.7 Å². The molecule has 3 rings (SSSR count). The third-order valence-electron chi connectivity index (χ3n) is 4.68. The molecule has 0 saturated carbocycles. The van der Waals surface area contributed by atoms with Crippen molar-refractivity contribution in [1.82, 2.24) is 4.57 Å². The lowest BCUT2D eigenvalue weighted by atomic mass is 9.93. The Morgan fingerprint density at radius 1 is 1.06 bits per heavy atom. The summed E-state index contributed by atoms with van der Waals surface area (Å²) in [6.07, 6.45) is 6.84. The highest BCUT2D eigenvalue weighted by atomic mass is 32.2. The van der Waals surface area contributed by atoms with Gasteiger partial charge in [-0.1, -0.05) is 18.1 Å². The molecule has 0 saturated heterocycles. The molecule has 0 aliphatic rings. The second-order valence-electron chi connectivity index (χ2n) is 6.63. The number of primary sulfonamides is 1. The van der Waals surface area contributed by atoms with Crippen LogP contribution in [0.25, 0.3) is 22.3 Å². The average molecular weight is 438 g/mol. The number of rotatable bonds is 6. The zero-order valence-electron chi connectivity index (χ0n) is 16.1. The van der Waals surface area contributed by atoms with Crippen LogP contribution in [0.3, 0.4) is 0 Å². The van der Waals surface area contributed by atoms with E-state index in [1.54, 1.807) is 12.1 Å². The van der Waals surface area contributed by atoms with E-state index in [4.69, 9.17) is 23.0 Å². The van der Waals surface area contributed by atoms with Crippen LogP contribution >= 0.6 is 0 Å². The fourth-order valence-electron chi connectivity index (χ4n) is 3.25. The van der Waals surface area contributed by atoms with Gasteiger partial charge in [0.15, 0.2) is 0 Å². The zero-order chi connectivity index (χ0) is 22.9. The normalized spacial score (nSPS) is 11.1. The van der Waals surface area contributed by atoms with Gasteiger partial charge in [-0.15, -0.1) is 6.42 Å². The number of hydrogen-bond acceptors (Lipinski definition) is 5. The third-order valence-corrected chi connectivity index (χ3v) is 5.61. The molecular formula is C21H18N4O5S. The molecule has 7 N–H and O–H groups in total. The summed E-state index contributed by atoms with van der Waals surface area (Å²) in [6, 6.07) is 10.1. The number of hydrogen-bond donors (Lipinski definition) is 4. The number of amides is 1. The highest BCUT2D eigenvalue weighted by molar-refractivity contribution is 7.89. The number of aromatic nitrogens is 1. The lowest BCUT2D eigenvalue weighted by Gasteiger charge is -2.14. The summed E-state index contributed by atoms with van der Waals surface area (Å²) < 4.78 is 24.4. The first kappa shape index (κ1) is 21.6. The molecule has 2 aromatic carbocycles. The van der Waals surface area contributed by atoms with E-state index in [-0.39, 0.29) is 28.4 Å². The minimum atomic E-state index is -3.89. The van der Waals surface area contributed by atoms with Gasteiger partial charge in [-0.05, 0) is 41.5 Å². The fraction of sp³-hybridized carbons (Fsp3) is 0.0476. The van der Waals surface area contributed by atoms with Crippen LogP contribution in [0.15, 0.2) is 53.6 Å². The van der Waals surface area contributed by atoms with Crippen molar-refractivity contribution >= 4 is 27.6 Å². The van der Waals surface area contributed by atoms with Gasteiger partial charge in [-0.25, -0.2) is 18.4 Å². The SMILES string of the molecule is C#CCn1ccc(-c2cc(C(N)=O)c(N)c(-c3ccc(S(N)(=O)=O)cc3)c2)c1C(=O)O. The Morgan fingerprint density at radius 2 is 1.71 bits per heavy atom. The van der Waals surface area contributed by atoms with Gasteiger partial charge in [0.1, 0.15) is 5.69 Å². The van der Waals surface area contributed by atoms with Crippen LogP contribution in [0.1, 0.15) is 20.8 Å². The smallest absolute Gasteiger partial charge is 0.353 e. The van der Waals surface area contributed by atoms with Gasteiger partial charge in [-0.2, -0.15) is 0 Å². The Kier molecular flexibility index (Phi) is 5.57. The zero-order valence-corrected chi connectivity index (χ0v) is 16.9. The van der Waals surface area contributed by atoms with Gasteiger partial charge >= 0.3 is 5.97 Å². The number of carbonyl (C=O) groups is 2. The van der Waals surface area contributed by atoms with Crippen molar-refractivity contribution in [3.05, 3.63) is 59.9 Å². The van der Waals surface area contributed by atoms with Crippen LogP contribution in [0.5, 0.6) is 0 Å². The molecule has 1 amide bonds. The Bertz CT molecular complexity index is 1350. The standard InChI is InChI=1S/C21H18N4O5S/c1-2-8-25-9-7-15(19(25)21(27)28)13-10-16(18(22)17(11-13)20(23)26)12-3-5-14(6-4-12)31(24,29)30/h1,3-7,9-11H,8,22H2,(H2,23,26)(H,27,28)(H2,24,29,30). The van der Waals surface area contributed by atoms with Crippen LogP contribution in [0.2, 0.25) is 0 Å². The van der Waals surface area contributed by atoms with Crippen molar-refractivity contribution in [1.29, 1.82) is 0 Å². The van der Waals surface area contributed by atoms with E-state index in [1.165, 1.54) is 41.1 Å². The molecule has 0 radical (unpaired) electrons. The number of nitrogen functional groups attached to an aromatic ring is 1. The topological polar surface area (TPSA) is 171 Å². The first-order valence-corrected chi connectivity index (χ1v) is 10.3. The van der Waals surface area contributed by atoms with Crippen LogP contribution in [0, 0.1) is 12.3 Å². The predicted molar refractivity (Wildman–Crippen MR) is 115 cm³/mol. The van der Waals surface area contributed by atoms with Crippen molar-refractivity contribution < 1.29 is 23.1 Å². The summed E-state index contributed by atoms with van der Waals surface area (Å²) in [4.78, 5) is 23.8. The number of anilines is 1. The van der Waals surface area contributed by atoms with E-state index in [2.05, 4.69) is 5.92 Å². The molecule has 31 heavy (non-hydrogen) atoms. The van der Waals surface area contributed by atoms with E-state index in [1.807, 2.05) is 0 Å². The number of carboxylic acid groups (broad SMARTS) is 1. The Hall–Kier alpha value is -4.07. The Labute approximate surface area is 178 Å². The van der Waals surface area contributed by atoms with Crippen molar-refractivity contribution in [3.8, 4) is 34.6 Å². The van der Waals surface area contributed by atoms with E-state index in [9.17, 15) is 23.1 Å². The summed E-state index contributed by atoms with van der Waals surface area (Å²) in [6.45, 7) is 0.0428. The maximum absolute atomic E-state index is 12.0. The molecular weight excluding hydrogens is 420 g/mol. The van der Waals surface area contributed by atoms with E-state index in [0.717, 1.165) is 0 Å². The highest BCUT2D eigenvalue weighted by Gasteiger charge is 2.21. The minimum absolute atomic E-state index is 0.0101. The molecule has 3 aromatic rings. The lowest BCUT2D eigenvalue weighted by molar-refractivity contribution is 0.0686. The average Bonchev–Trinajstić information content (AvgIpc) is 3.11. The predicted octanol–water partition coefficient (Wildman–Crippen LogP) is 1.48. The van der Waals surface area contributed by atoms with Gasteiger partial charge in [0.25, 0.3) is 5.91 Å². The van der Waals surface area contributed by atoms with Crippen LogP contribution in [0.4, 0.5) is 5.69 Å². The fourth-order valence-corrected chi connectivity index (χ4v) is 3.76. The third kappa shape index (κ3) is 4.13. The van der Waals surface area contributed by atoms with E-state index >= 15 is 0 Å². The van der Waals surface area contributed by atoms with E-state index < -0.39 is 21.9 Å². The number of carboxylic acids is 1. The van der Waals surface area contributed by atoms with Crippen molar-refractivity contribution in [2.75, 3.05) is 5.73 Å². The maximum Gasteiger partial charge on any atom is 0.353 e. The molecule has 0 fully saturated rings. The number of terminal acetylenes is 1. The quantitative estimate of drug-likeness (QED) is 0.335. The van der Waals surface area contributed by atoms with Gasteiger partial charge in [0.2, 0.25) is 10.0 Å². The summed E-state index contributed by atoms with van der Waals surface area (Å²) >= 11 is 0. The first-order valence-electron chi connectivity index (χ1n) is 8.77. The van der Waals surface area contributed by atoms with Crippen LogP contribution in [-0.2, 0) is 16.6 Å². The number of primary amides is 1. The largest absolute Gasteiger partial charge is 0.477 e. The number of aromatic carboxylic acids is 1. The summed E-state index contributed by atoms with van der Waals surface area (Å²) in [7, 11) is -3.89. The number of nitrogens with two attached hydrogens (primary N) is 3. The number of benzene rings is 2. The van der Waals surface area contributed by atoms with Crippen LogP contribution in [-0.4, -0.2) is 30.0 Å². The molecule has 0 bridgehead atoms. The lowest BCUT2D eigenvalue weighted by Crippen LogP contribution is -2.15. The molecule has 10 heteroatoms. The summed E-state index contributed by atoms with van der Waals surface area (Å²) in [5.41, 5.74) is 13.2. The van der Waals surface area contributed by atoms with Gasteiger partial charge in [0, 0.05) is 17.3 Å². The maximum atomic E-state index is 12.0. The van der Waals surface area contributed by atoms with Gasteiger partial charge < -0.3 is 21.1 Å². The number of carbonyl (C=O) groups excluding carboxylic acids is 1. The highest BCUT2D eigenvalue weighted by Crippen LogP contribution is 2.36. The molecule has 0 spiro atoms. The van der Waals surface area contributed by atoms with Crippen LogP contribution < -0.4 is 16.6 Å². The second-order valence-corrected chi connectivity index (χ2v) is 8.20. The molecule has 0 aliphatic carbocycles. The molecule has 158 valence electrons. The van der Waals surface area contributed by atoms with Crippen molar-refractivity contribution in [3.63, 3.8) is 0 Å². The first-order chi connectivity index (χ1) is 14.5. The number of sulfonamides is 1. The second kappa shape index (κ2) is 7.98. The van der Waals surface area contributed by atoms with Crippen molar-refractivity contribution in [2.24, 2.45) is 10.9 Å². The minimum Gasteiger partial charge on any atom is -0.477 e. The molecule has 0 aliphatic heterocycles. The van der Waals surface area contributed by atoms with Gasteiger partial charge in [-0.3, -0.25) is 4.79 Å². The number of nitrogens with zero attached hydrogens (tertiary/aromatic N) is 1. The van der Waals surface area contributed by atoms with E-state index in [0.29, 0.717) is 22.3 Å². The summed E-state index contributed by atoms with van der Waals surface area (Å²) in [5, 5.41) is 14.8. The Morgan fingerprint density at radius 3 is 2.23 bits per heavy atom.